The molecule has 2 aliphatic carbocycles. The molecule has 4 aromatic rings. The van der Waals surface area contributed by atoms with E-state index >= 15 is 0 Å². The Morgan fingerprint density at radius 2 is 1.84 bits per heavy atom. The van der Waals surface area contributed by atoms with Crippen LogP contribution in [0.1, 0.15) is 66.6 Å². The lowest BCUT2D eigenvalue weighted by Crippen LogP contribution is -2.08. The van der Waals surface area contributed by atoms with Gasteiger partial charge in [0.1, 0.15) is 5.75 Å². The summed E-state index contributed by atoms with van der Waals surface area (Å²) in [6.07, 6.45) is 9.16. The van der Waals surface area contributed by atoms with Gasteiger partial charge in [-0.25, -0.2) is 0 Å². The summed E-state index contributed by atoms with van der Waals surface area (Å²) >= 11 is 6.52. The number of benzene rings is 2. The summed E-state index contributed by atoms with van der Waals surface area (Å²) in [4.78, 5) is 22.8. The molecule has 6 heteroatoms. The van der Waals surface area contributed by atoms with Crippen molar-refractivity contribution in [3.05, 3.63) is 76.7 Å². The van der Waals surface area contributed by atoms with Crippen LogP contribution in [0.4, 0.5) is 11.4 Å². The smallest absolute Gasteiger partial charge is 0.169 e. The van der Waals surface area contributed by atoms with Gasteiger partial charge in [-0.2, -0.15) is 0 Å². The number of aromatic nitrogens is 2. The van der Waals surface area contributed by atoms with E-state index < -0.39 is 0 Å². The van der Waals surface area contributed by atoms with E-state index in [1.54, 1.807) is 13.3 Å². The fourth-order valence-electron chi connectivity index (χ4n) is 5.63. The fourth-order valence-corrected chi connectivity index (χ4v) is 5.84. The van der Waals surface area contributed by atoms with Gasteiger partial charge in [0.05, 0.1) is 35.8 Å². The molecule has 0 spiro atoms. The molecule has 0 bridgehead atoms. The Kier molecular flexibility index (Phi) is 6.56. The number of rotatable bonds is 7. The summed E-state index contributed by atoms with van der Waals surface area (Å²) in [5.74, 6) is 2.27. The van der Waals surface area contributed by atoms with Crippen LogP contribution < -0.4 is 10.1 Å². The Labute approximate surface area is 228 Å². The second kappa shape index (κ2) is 10.0. The van der Waals surface area contributed by atoms with Crippen molar-refractivity contribution in [3.63, 3.8) is 0 Å². The molecule has 2 heterocycles. The molecule has 0 aliphatic heterocycles. The molecule has 1 N–H and O–H groups in total. The molecule has 194 valence electrons. The van der Waals surface area contributed by atoms with E-state index in [-0.39, 0.29) is 11.7 Å². The molecule has 38 heavy (non-hydrogen) atoms. The molecule has 2 aromatic carbocycles. The van der Waals surface area contributed by atoms with Crippen LogP contribution in [0.2, 0.25) is 5.02 Å². The molecule has 2 unspecified atom stereocenters. The van der Waals surface area contributed by atoms with Crippen LogP contribution in [0, 0.1) is 18.8 Å². The Morgan fingerprint density at radius 3 is 2.53 bits per heavy atom. The van der Waals surface area contributed by atoms with E-state index in [1.807, 2.05) is 37.4 Å². The Balaban J connectivity index is 1.42. The number of pyridine rings is 2. The highest BCUT2D eigenvalue weighted by atomic mass is 35.5. The Hall–Kier alpha value is -3.44. The van der Waals surface area contributed by atoms with Crippen molar-refractivity contribution in [2.45, 2.75) is 51.9 Å². The normalized spacial score (nSPS) is 19.1. The van der Waals surface area contributed by atoms with Crippen LogP contribution in [0.3, 0.4) is 0 Å². The Morgan fingerprint density at radius 1 is 1.00 bits per heavy atom. The maximum atomic E-state index is 13.3. The number of halogens is 1. The zero-order chi connectivity index (χ0) is 26.4. The zero-order valence-corrected chi connectivity index (χ0v) is 22.8. The summed E-state index contributed by atoms with van der Waals surface area (Å²) in [6.45, 7) is 4.26. The van der Waals surface area contributed by atoms with Gasteiger partial charge in [0.15, 0.2) is 5.78 Å². The molecule has 2 atom stereocenters. The van der Waals surface area contributed by atoms with Crippen LogP contribution >= 0.6 is 11.6 Å². The third-order valence-electron chi connectivity index (χ3n) is 8.10. The fraction of sp³-hybridized carbons (Fsp3) is 0.344. The molecule has 0 saturated heterocycles. The summed E-state index contributed by atoms with van der Waals surface area (Å²) in [5.41, 5.74) is 7.07. The number of methoxy groups -OCH3 is 1. The van der Waals surface area contributed by atoms with Gasteiger partial charge >= 0.3 is 0 Å². The average Bonchev–Trinajstić information content (AvgIpc) is 3.70. The number of ether oxygens (including phenoxy) is 1. The van der Waals surface area contributed by atoms with E-state index in [4.69, 9.17) is 21.3 Å². The molecule has 2 aromatic heterocycles. The lowest BCUT2D eigenvalue weighted by molar-refractivity contribution is 0.0968. The SMILES string of the molecule is COc1cc(-c2ccc3ncc(C(=O)C4CC4)c(Nc4ccc(C5CCC(C)C5)nc4)c3c2)cc(Cl)c1C. The third-order valence-corrected chi connectivity index (χ3v) is 8.49. The summed E-state index contributed by atoms with van der Waals surface area (Å²) in [6, 6.07) is 14.3. The minimum atomic E-state index is 0.0861. The highest BCUT2D eigenvalue weighted by Crippen LogP contribution is 2.40. The molecule has 6 rings (SSSR count). The number of anilines is 2. The maximum Gasteiger partial charge on any atom is 0.169 e. The zero-order valence-electron chi connectivity index (χ0n) is 22.1. The van der Waals surface area contributed by atoms with Gasteiger partial charge in [0.2, 0.25) is 0 Å². The number of carbonyl (C=O) groups excluding carboxylic acids is 1. The quantitative estimate of drug-likeness (QED) is 0.245. The Bertz CT molecular complexity index is 1530. The minimum Gasteiger partial charge on any atom is -0.496 e. The summed E-state index contributed by atoms with van der Waals surface area (Å²) in [5, 5.41) is 5.09. The number of hydrogen-bond acceptors (Lipinski definition) is 5. The predicted molar refractivity (Wildman–Crippen MR) is 154 cm³/mol. The molecule has 0 amide bonds. The second-order valence-corrected chi connectivity index (χ2v) is 11.3. The van der Waals surface area contributed by atoms with Crippen molar-refractivity contribution < 1.29 is 9.53 Å². The number of fused-ring (bicyclic) bond motifs is 1. The summed E-state index contributed by atoms with van der Waals surface area (Å²) in [7, 11) is 1.65. The highest BCUT2D eigenvalue weighted by molar-refractivity contribution is 6.31. The molecular formula is C32H32ClN3O2. The predicted octanol–water partition coefficient (Wildman–Crippen LogP) is 8.51. The van der Waals surface area contributed by atoms with Crippen molar-refractivity contribution in [1.82, 2.24) is 9.97 Å². The molecule has 2 aliphatic rings. The number of carbonyl (C=O) groups is 1. The van der Waals surface area contributed by atoms with Crippen LogP contribution in [0.5, 0.6) is 5.75 Å². The van der Waals surface area contributed by atoms with Crippen molar-refractivity contribution in [3.8, 4) is 16.9 Å². The summed E-state index contributed by atoms with van der Waals surface area (Å²) < 4.78 is 5.55. The number of nitrogens with one attached hydrogen (secondary N) is 1. The monoisotopic (exact) mass is 525 g/mol. The van der Waals surface area contributed by atoms with Crippen molar-refractivity contribution in [1.29, 1.82) is 0 Å². The largest absolute Gasteiger partial charge is 0.496 e. The number of nitrogens with zero attached hydrogens (tertiary/aromatic N) is 2. The van der Waals surface area contributed by atoms with Gasteiger partial charge in [-0.3, -0.25) is 14.8 Å². The van der Waals surface area contributed by atoms with Gasteiger partial charge in [0, 0.05) is 39.7 Å². The highest BCUT2D eigenvalue weighted by Gasteiger charge is 2.32. The standard InChI is InChI=1S/C32H32ClN3O2/c1-18-4-5-22(12-18)28-11-9-24(16-34-28)36-31-25-13-21(23-14-27(33)19(2)30(15-23)38-3)8-10-29(25)35-17-26(31)32(37)20-6-7-20/h8-11,13-18,20,22H,4-7,12H2,1-3H3,(H,35,36). The van der Waals surface area contributed by atoms with Crippen molar-refractivity contribution >= 4 is 39.7 Å². The average molecular weight is 526 g/mol. The number of ketones is 1. The van der Waals surface area contributed by atoms with Gasteiger partial charge in [-0.05, 0) is 86.1 Å². The first kappa shape index (κ1) is 24.9. The maximum absolute atomic E-state index is 13.3. The van der Waals surface area contributed by atoms with Crippen molar-refractivity contribution in [2.75, 3.05) is 12.4 Å². The van der Waals surface area contributed by atoms with Crippen molar-refractivity contribution in [2.24, 2.45) is 11.8 Å². The van der Waals surface area contributed by atoms with Gasteiger partial charge in [0.25, 0.3) is 0 Å². The van der Waals surface area contributed by atoms with E-state index in [0.717, 1.165) is 69.2 Å². The first-order valence-corrected chi connectivity index (χ1v) is 13.8. The molecule has 2 fully saturated rings. The van der Waals surface area contributed by atoms with E-state index in [2.05, 4.69) is 35.4 Å². The van der Waals surface area contributed by atoms with E-state index in [1.165, 1.54) is 19.3 Å². The molecule has 0 radical (unpaired) electrons. The van der Waals surface area contributed by atoms with Gasteiger partial charge in [-0.15, -0.1) is 0 Å². The van der Waals surface area contributed by atoms with Crippen LogP contribution in [-0.4, -0.2) is 22.9 Å². The van der Waals surface area contributed by atoms with E-state index in [0.29, 0.717) is 16.5 Å². The minimum absolute atomic E-state index is 0.0861. The van der Waals surface area contributed by atoms with Gasteiger partial charge < -0.3 is 10.1 Å². The lowest BCUT2D eigenvalue weighted by atomic mass is 9.98. The topological polar surface area (TPSA) is 64.1 Å². The number of hydrogen-bond donors (Lipinski definition) is 1. The van der Waals surface area contributed by atoms with Crippen LogP contribution in [-0.2, 0) is 0 Å². The third kappa shape index (κ3) is 4.76. The second-order valence-electron chi connectivity index (χ2n) is 10.9. The van der Waals surface area contributed by atoms with E-state index in [9.17, 15) is 4.79 Å². The first-order chi connectivity index (χ1) is 18.4. The van der Waals surface area contributed by atoms with Crippen LogP contribution in [0.15, 0.2) is 54.9 Å². The van der Waals surface area contributed by atoms with Crippen LogP contribution in [0.25, 0.3) is 22.0 Å². The molecular weight excluding hydrogens is 494 g/mol. The molecule has 5 nitrogen and oxygen atoms in total. The number of Topliss-reactive ketones (excluding diaryl/α,β-unsaturated/α-hetero) is 1. The molecule has 2 saturated carbocycles. The lowest BCUT2D eigenvalue weighted by Gasteiger charge is -2.16. The first-order valence-electron chi connectivity index (χ1n) is 13.5. The van der Waals surface area contributed by atoms with Gasteiger partial charge in [-0.1, -0.05) is 31.0 Å².